The number of rotatable bonds is 58. The van der Waals surface area contributed by atoms with Gasteiger partial charge < -0.3 is 28.5 Å². The van der Waals surface area contributed by atoms with Gasteiger partial charge in [0.25, 0.3) is 6.29 Å². The van der Waals surface area contributed by atoms with Gasteiger partial charge in [0.1, 0.15) is 13.2 Å². The molecule has 9 heteroatoms. The summed E-state index contributed by atoms with van der Waals surface area (Å²) in [6, 6.07) is 0. The summed E-state index contributed by atoms with van der Waals surface area (Å²) in [5.74, 6) is -2.03. The van der Waals surface area contributed by atoms with Crippen molar-refractivity contribution in [3.8, 4) is 0 Å². The lowest BCUT2D eigenvalue weighted by Gasteiger charge is -2.25. The lowest BCUT2D eigenvalue weighted by atomic mass is 10.0. The van der Waals surface area contributed by atoms with Crippen molar-refractivity contribution in [1.29, 1.82) is 0 Å². The molecule has 0 saturated heterocycles. The number of esters is 2. The van der Waals surface area contributed by atoms with Crippen molar-refractivity contribution in [3.05, 3.63) is 134 Å². The standard InChI is InChI=1S/C72H119NO8/c1-6-8-10-12-14-16-18-20-22-24-25-26-27-28-29-30-31-32-33-34-35-36-37-38-39-40-41-42-43-44-45-47-49-51-53-55-57-59-61-63-70(75)81-68(67-80-72(71(76)77)78-65-64-73(3,4)5)66-79-69(74)62-60-58-56-54-52-50-48-46-23-21-19-17-15-13-11-9-7-2/h8-11,14-17,20-23,25-26,28-29,31-32,34-35,37-38,68,72H,6-7,12-13,18-19,24,27,30,33,36,39-67H2,1-5H3/p+1/b10-8-,11-9-,16-14-,17-15-,22-20-,23-21-,26-25-,29-28-,32-31-,35-34-,38-37-. The summed E-state index contributed by atoms with van der Waals surface area (Å²) < 4.78 is 22.9. The molecule has 0 saturated carbocycles. The quantitative estimate of drug-likeness (QED) is 0.0211. The number of carboxylic acid groups (broad SMARTS) is 1. The summed E-state index contributed by atoms with van der Waals surface area (Å²) in [6.07, 6.45) is 85.5. The Balaban J connectivity index is 4.11. The second kappa shape index (κ2) is 61.5. The van der Waals surface area contributed by atoms with E-state index in [1.54, 1.807) is 0 Å². The van der Waals surface area contributed by atoms with Crippen LogP contribution in [-0.2, 0) is 33.3 Å². The smallest absolute Gasteiger partial charge is 0.361 e. The van der Waals surface area contributed by atoms with Gasteiger partial charge in [-0.15, -0.1) is 0 Å². The maximum Gasteiger partial charge on any atom is 0.361 e. The molecule has 0 bridgehead atoms. The number of hydrogen-bond donors (Lipinski definition) is 1. The van der Waals surface area contributed by atoms with Gasteiger partial charge in [-0.05, 0) is 109 Å². The van der Waals surface area contributed by atoms with Crippen LogP contribution in [0.15, 0.2) is 134 Å². The van der Waals surface area contributed by atoms with E-state index in [0.717, 1.165) is 122 Å². The molecule has 0 spiro atoms. The Kier molecular flexibility index (Phi) is 58.0. The van der Waals surface area contributed by atoms with Gasteiger partial charge in [-0.2, -0.15) is 0 Å². The van der Waals surface area contributed by atoms with E-state index in [2.05, 4.69) is 148 Å². The summed E-state index contributed by atoms with van der Waals surface area (Å²) in [5.41, 5.74) is 0. The van der Waals surface area contributed by atoms with Crippen LogP contribution in [0.1, 0.15) is 245 Å². The van der Waals surface area contributed by atoms with Crippen LogP contribution in [-0.4, -0.2) is 87.4 Å². The lowest BCUT2D eigenvalue weighted by molar-refractivity contribution is -0.870. The number of quaternary nitrogens is 1. The molecule has 460 valence electrons. The van der Waals surface area contributed by atoms with Crippen molar-refractivity contribution in [2.24, 2.45) is 0 Å². The summed E-state index contributed by atoms with van der Waals surface area (Å²) in [6.45, 7) is 4.63. The largest absolute Gasteiger partial charge is 0.477 e. The molecule has 0 aromatic rings. The van der Waals surface area contributed by atoms with E-state index >= 15 is 0 Å². The monoisotopic (exact) mass is 1130 g/mol. The van der Waals surface area contributed by atoms with Crippen LogP contribution in [0, 0.1) is 0 Å². The highest BCUT2D eigenvalue weighted by atomic mass is 16.7. The average Bonchev–Trinajstić information content (AvgIpc) is 3.44. The predicted molar refractivity (Wildman–Crippen MR) is 345 cm³/mol. The third kappa shape index (κ3) is 62.9. The number of carbonyl (C=O) groups excluding carboxylic acids is 2. The fourth-order valence-electron chi connectivity index (χ4n) is 8.51. The summed E-state index contributed by atoms with van der Waals surface area (Å²) in [7, 11) is 5.96. The van der Waals surface area contributed by atoms with Crippen molar-refractivity contribution in [2.75, 3.05) is 47.5 Å². The lowest BCUT2D eigenvalue weighted by Crippen LogP contribution is -2.40. The zero-order chi connectivity index (χ0) is 59.1. The molecule has 0 aromatic carbocycles. The molecule has 9 nitrogen and oxygen atoms in total. The number of unbranched alkanes of at least 4 members (excludes halogenated alkanes) is 21. The minimum Gasteiger partial charge on any atom is -0.477 e. The molecule has 0 aliphatic heterocycles. The molecule has 0 fully saturated rings. The zero-order valence-electron chi connectivity index (χ0n) is 52.4. The third-order valence-electron chi connectivity index (χ3n) is 13.4. The van der Waals surface area contributed by atoms with Crippen molar-refractivity contribution in [3.63, 3.8) is 0 Å². The van der Waals surface area contributed by atoms with Crippen LogP contribution in [0.3, 0.4) is 0 Å². The first-order chi connectivity index (χ1) is 39.6. The normalized spacial score (nSPS) is 13.6. The number of aliphatic carboxylic acids is 1. The van der Waals surface area contributed by atoms with Crippen LogP contribution < -0.4 is 0 Å². The molecule has 0 radical (unpaired) electrons. The Labute approximate surface area is 497 Å². The second-order valence-corrected chi connectivity index (χ2v) is 22.3. The second-order valence-electron chi connectivity index (χ2n) is 22.3. The fraction of sp³-hybridized carbons (Fsp3) is 0.653. The summed E-state index contributed by atoms with van der Waals surface area (Å²) >= 11 is 0. The van der Waals surface area contributed by atoms with Gasteiger partial charge in [0, 0.05) is 12.8 Å². The molecular formula is C72H120NO8+. The van der Waals surface area contributed by atoms with Gasteiger partial charge in [0.05, 0.1) is 34.4 Å². The van der Waals surface area contributed by atoms with Gasteiger partial charge in [-0.25, -0.2) is 4.79 Å². The molecule has 1 N–H and O–H groups in total. The third-order valence-corrected chi connectivity index (χ3v) is 13.4. The highest BCUT2D eigenvalue weighted by Crippen LogP contribution is 2.16. The number of hydrogen-bond acceptors (Lipinski definition) is 7. The van der Waals surface area contributed by atoms with E-state index in [1.807, 2.05) is 21.1 Å². The van der Waals surface area contributed by atoms with E-state index in [4.69, 9.17) is 18.9 Å². The number of carboxylic acids is 1. The maximum atomic E-state index is 12.9. The SMILES string of the molecule is CC/C=C\C/C=C\C/C=C\C/C=C\C/C=C\C/C=C\C/C=C\C/C=C\CCCCCCCCCCCCCCCCC(=O)OC(COC(=O)CCCCCCCCC/C=C\C/C=C\C/C=C\CC)COC(OCC[N+](C)(C)C)C(=O)O. The highest BCUT2D eigenvalue weighted by Gasteiger charge is 2.25. The van der Waals surface area contributed by atoms with Crippen LogP contribution in [0.5, 0.6) is 0 Å². The topological polar surface area (TPSA) is 108 Å². The van der Waals surface area contributed by atoms with E-state index in [-0.39, 0.29) is 38.6 Å². The first kappa shape index (κ1) is 76.4. The Morgan fingerprint density at radius 1 is 0.370 bits per heavy atom. The molecule has 0 rings (SSSR count). The van der Waals surface area contributed by atoms with Crippen molar-refractivity contribution >= 4 is 17.9 Å². The molecule has 0 amide bonds. The number of allylic oxidation sites excluding steroid dienone is 22. The van der Waals surface area contributed by atoms with Gasteiger partial charge in [-0.3, -0.25) is 9.59 Å². The van der Waals surface area contributed by atoms with Crippen LogP contribution >= 0.6 is 0 Å². The van der Waals surface area contributed by atoms with E-state index in [0.29, 0.717) is 17.4 Å². The van der Waals surface area contributed by atoms with Crippen LogP contribution in [0.4, 0.5) is 0 Å². The fourth-order valence-corrected chi connectivity index (χ4v) is 8.51. The summed E-state index contributed by atoms with van der Waals surface area (Å²) in [4.78, 5) is 37.5. The molecule has 0 aliphatic carbocycles. The summed E-state index contributed by atoms with van der Waals surface area (Å²) in [5, 5.41) is 9.72. The van der Waals surface area contributed by atoms with E-state index in [9.17, 15) is 19.5 Å². The average molecular weight is 1130 g/mol. The van der Waals surface area contributed by atoms with Gasteiger partial charge >= 0.3 is 17.9 Å². The molecule has 0 aliphatic rings. The van der Waals surface area contributed by atoms with Crippen LogP contribution in [0.25, 0.3) is 0 Å². The number of carbonyl (C=O) groups is 3. The van der Waals surface area contributed by atoms with Crippen molar-refractivity contribution in [2.45, 2.75) is 257 Å². The Morgan fingerprint density at radius 3 is 0.988 bits per heavy atom. The first-order valence-electron chi connectivity index (χ1n) is 32.3. The molecule has 0 aromatic heterocycles. The first-order valence-corrected chi connectivity index (χ1v) is 32.3. The van der Waals surface area contributed by atoms with Gasteiger partial charge in [0.15, 0.2) is 6.10 Å². The van der Waals surface area contributed by atoms with E-state index in [1.165, 1.54) is 89.9 Å². The Bertz CT molecular complexity index is 1790. The molecular weight excluding hydrogens is 1010 g/mol. The predicted octanol–water partition coefficient (Wildman–Crippen LogP) is 19.8. The number of ether oxygens (including phenoxy) is 4. The molecule has 2 atom stereocenters. The Morgan fingerprint density at radius 2 is 0.667 bits per heavy atom. The highest BCUT2D eigenvalue weighted by molar-refractivity contribution is 5.71. The molecule has 81 heavy (non-hydrogen) atoms. The van der Waals surface area contributed by atoms with Crippen molar-refractivity contribution < 1.29 is 42.9 Å². The van der Waals surface area contributed by atoms with Gasteiger partial charge in [-0.1, -0.05) is 257 Å². The molecule has 2 unspecified atom stereocenters. The molecule has 0 heterocycles. The van der Waals surface area contributed by atoms with Gasteiger partial charge in [0.2, 0.25) is 0 Å². The minimum absolute atomic E-state index is 0.180. The maximum absolute atomic E-state index is 12.9. The minimum atomic E-state index is -1.52. The van der Waals surface area contributed by atoms with E-state index < -0.39 is 24.3 Å². The Hall–Kier alpha value is -4.57. The zero-order valence-corrected chi connectivity index (χ0v) is 52.4. The number of nitrogens with zero attached hydrogens (tertiary/aromatic N) is 1. The number of likely N-dealkylation sites (N-methyl/N-ethyl adjacent to an activating group) is 1. The van der Waals surface area contributed by atoms with Crippen molar-refractivity contribution in [1.82, 2.24) is 0 Å². The van der Waals surface area contributed by atoms with Crippen LogP contribution in [0.2, 0.25) is 0 Å².